The van der Waals surface area contributed by atoms with Crippen LogP contribution in [0.5, 0.6) is 0 Å². The Labute approximate surface area is 144 Å². The third-order valence-corrected chi connectivity index (χ3v) is 19.1. The molecule has 3 aromatic rings. The molecular weight excluding hydrogens is 383 g/mol. The van der Waals surface area contributed by atoms with Crippen LogP contribution in [0, 0.1) is 0 Å². The van der Waals surface area contributed by atoms with E-state index in [2.05, 4.69) is 97.9 Å². The van der Waals surface area contributed by atoms with Crippen LogP contribution in [0.15, 0.2) is 91.0 Å². The van der Waals surface area contributed by atoms with E-state index in [0.717, 1.165) is 0 Å². The Morgan fingerprint density at radius 3 is 1.22 bits per heavy atom. The quantitative estimate of drug-likeness (QED) is 0.543. The van der Waals surface area contributed by atoms with Gasteiger partial charge in [0, 0.05) is 0 Å². The molecular formula is C22H24Sn. The van der Waals surface area contributed by atoms with E-state index >= 15 is 0 Å². The topological polar surface area (TPSA) is 0 Å². The minimum absolute atomic E-state index is 1.26. The second kappa shape index (κ2) is 7.83. The average Bonchev–Trinajstić information content (AvgIpc) is 2.65. The molecule has 0 radical (unpaired) electrons. The van der Waals surface area contributed by atoms with Gasteiger partial charge < -0.3 is 0 Å². The van der Waals surface area contributed by atoms with Gasteiger partial charge in [0.15, 0.2) is 0 Å². The summed E-state index contributed by atoms with van der Waals surface area (Å²) in [6, 6.07) is 33.8. The molecule has 0 N–H and O–H groups in total. The van der Waals surface area contributed by atoms with Gasteiger partial charge in [-0.25, -0.2) is 0 Å². The van der Waals surface area contributed by atoms with Crippen molar-refractivity contribution in [1.29, 1.82) is 0 Å². The number of unbranched alkanes of at least 4 members (excludes halogenated alkanes) is 1. The van der Waals surface area contributed by atoms with Crippen molar-refractivity contribution >= 4 is 29.1 Å². The molecule has 23 heavy (non-hydrogen) atoms. The first-order chi connectivity index (χ1) is 11.4. The van der Waals surface area contributed by atoms with Gasteiger partial charge in [0.1, 0.15) is 0 Å². The van der Waals surface area contributed by atoms with Crippen LogP contribution < -0.4 is 10.7 Å². The van der Waals surface area contributed by atoms with Crippen LogP contribution in [0.2, 0.25) is 4.44 Å². The molecule has 0 fully saturated rings. The first kappa shape index (κ1) is 16.3. The fourth-order valence-electron chi connectivity index (χ4n) is 3.54. The number of hydrogen-bond donors (Lipinski definition) is 0. The summed E-state index contributed by atoms with van der Waals surface area (Å²) in [5.41, 5.74) is 0. The van der Waals surface area contributed by atoms with Crippen molar-refractivity contribution in [2.24, 2.45) is 0 Å². The molecule has 0 spiro atoms. The van der Waals surface area contributed by atoms with Crippen molar-refractivity contribution in [3.63, 3.8) is 0 Å². The fraction of sp³-hybridized carbons (Fsp3) is 0.182. The summed E-state index contributed by atoms with van der Waals surface area (Å²) in [7, 11) is 0. The first-order valence-electron chi connectivity index (χ1n) is 8.54. The van der Waals surface area contributed by atoms with E-state index in [1.807, 2.05) is 0 Å². The van der Waals surface area contributed by atoms with E-state index in [1.165, 1.54) is 17.3 Å². The van der Waals surface area contributed by atoms with Crippen molar-refractivity contribution in [2.45, 2.75) is 24.2 Å². The summed E-state index contributed by atoms with van der Waals surface area (Å²) in [6.07, 6.45) is 2.56. The number of rotatable bonds is 6. The van der Waals surface area contributed by atoms with Gasteiger partial charge in [-0.15, -0.1) is 0 Å². The zero-order valence-electron chi connectivity index (χ0n) is 13.8. The van der Waals surface area contributed by atoms with Gasteiger partial charge in [0.05, 0.1) is 0 Å². The Balaban J connectivity index is 2.25. The Bertz CT molecular complexity index is 608. The Kier molecular flexibility index (Phi) is 5.55. The van der Waals surface area contributed by atoms with Gasteiger partial charge in [-0.1, -0.05) is 0 Å². The Morgan fingerprint density at radius 1 is 0.565 bits per heavy atom. The van der Waals surface area contributed by atoms with E-state index in [0.29, 0.717) is 0 Å². The summed E-state index contributed by atoms with van der Waals surface area (Å²) in [4.78, 5) is 0. The third-order valence-electron chi connectivity index (χ3n) is 4.71. The molecule has 0 aromatic heterocycles. The normalized spacial score (nSPS) is 11.3. The maximum atomic E-state index is 2.37. The van der Waals surface area contributed by atoms with E-state index in [4.69, 9.17) is 0 Å². The van der Waals surface area contributed by atoms with Crippen LogP contribution in [0.1, 0.15) is 19.8 Å². The zero-order chi connectivity index (χ0) is 16.0. The predicted octanol–water partition coefficient (Wildman–Crippen LogP) is 3.96. The molecule has 0 saturated heterocycles. The Morgan fingerprint density at radius 2 is 0.913 bits per heavy atom. The van der Waals surface area contributed by atoms with Crippen molar-refractivity contribution in [3.8, 4) is 0 Å². The maximum absolute atomic E-state index is 2.90. The summed E-state index contributed by atoms with van der Waals surface area (Å²) >= 11 is -2.90. The molecule has 3 rings (SSSR count). The second-order valence-corrected chi connectivity index (χ2v) is 17.6. The van der Waals surface area contributed by atoms with Crippen LogP contribution in [-0.4, -0.2) is 18.4 Å². The monoisotopic (exact) mass is 408 g/mol. The summed E-state index contributed by atoms with van der Waals surface area (Å²) in [5.74, 6) is 0. The van der Waals surface area contributed by atoms with Crippen LogP contribution in [0.25, 0.3) is 0 Å². The van der Waals surface area contributed by atoms with E-state index in [-0.39, 0.29) is 0 Å². The van der Waals surface area contributed by atoms with Gasteiger partial charge in [0.2, 0.25) is 0 Å². The van der Waals surface area contributed by atoms with Gasteiger partial charge in [-0.3, -0.25) is 0 Å². The molecule has 0 aliphatic carbocycles. The van der Waals surface area contributed by atoms with Crippen molar-refractivity contribution < 1.29 is 0 Å². The molecule has 0 aliphatic heterocycles. The van der Waals surface area contributed by atoms with E-state index in [1.54, 1.807) is 10.7 Å². The minimum atomic E-state index is -2.90. The molecule has 0 atom stereocenters. The summed E-state index contributed by atoms with van der Waals surface area (Å²) in [5, 5.41) is 0. The Hall–Kier alpha value is -1.54. The number of benzene rings is 3. The molecule has 3 aromatic carbocycles. The summed E-state index contributed by atoms with van der Waals surface area (Å²) in [6.45, 7) is 2.30. The molecule has 0 bridgehead atoms. The van der Waals surface area contributed by atoms with Gasteiger partial charge in [-0.2, -0.15) is 0 Å². The third kappa shape index (κ3) is 3.37. The predicted molar refractivity (Wildman–Crippen MR) is 104 cm³/mol. The second-order valence-electron chi connectivity index (χ2n) is 6.11. The average molecular weight is 407 g/mol. The van der Waals surface area contributed by atoms with Crippen molar-refractivity contribution in [2.75, 3.05) is 0 Å². The zero-order valence-corrected chi connectivity index (χ0v) is 16.6. The van der Waals surface area contributed by atoms with Crippen LogP contribution in [0.4, 0.5) is 0 Å². The van der Waals surface area contributed by atoms with Crippen molar-refractivity contribution in [3.05, 3.63) is 91.0 Å². The summed E-state index contributed by atoms with van der Waals surface area (Å²) < 4.78 is 6.11. The van der Waals surface area contributed by atoms with Crippen LogP contribution in [0.3, 0.4) is 0 Å². The molecule has 0 saturated carbocycles. The standard InChI is InChI=1S/3C6H5.C4H9.Sn/c3*1-2-4-6-5-3-1;1-3-4-2;/h3*1-5H;1,3-4H2,2H3;. The van der Waals surface area contributed by atoms with Gasteiger partial charge in [-0.05, 0) is 0 Å². The number of hydrogen-bond acceptors (Lipinski definition) is 0. The molecule has 0 unspecified atom stereocenters. The molecule has 0 amide bonds. The van der Waals surface area contributed by atoms with E-state index in [9.17, 15) is 0 Å². The van der Waals surface area contributed by atoms with Crippen LogP contribution >= 0.6 is 0 Å². The first-order valence-corrected chi connectivity index (χ1v) is 14.8. The van der Waals surface area contributed by atoms with Crippen LogP contribution in [-0.2, 0) is 0 Å². The van der Waals surface area contributed by atoms with E-state index < -0.39 is 18.4 Å². The molecule has 116 valence electrons. The fourth-order valence-corrected chi connectivity index (χ4v) is 17.9. The van der Waals surface area contributed by atoms with Crippen molar-refractivity contribution in [1.82, 2.24) is 0 Å². The molecule has 0 heterocycles. The molecule has 0 aliphatic rings. The van der Waals surface area contributed by atoms with Gasteiger partial charge in [0.25, 0.3) is 0 Å². The molecule has 0 nitrogen and oxygen atoms in total. The van der Waals surface area contributed by atoms with Gasteiger partial charge >= 0.3 is 144 Å². The molecule has 1 heteroatoms. The SMILES string of the molecule is CCC[CH2][Sn]([c]1ccccc1)([c]1ccccc1)[c]1ccccc1.